The van der Waals surface area contributed by atoms with Crippen molar-refractivity contribution in [3.63, 3.8) is 0 Å². The van der Waals surface area contributed by atoms with Crippen LogP contribution in [0.4, 0.5) is 18.9 Å². The molecule has 2 aliphatic heterocycles. The van der Waals surface area contributed by atoms with E-state index in [1.165, 1.54) is 37.4 Å². The molecule has 9 nitrogen and oxygen atoms in total. The first-order valence-electron chi connectivity index (χ1n) is 32.2. The molecule has 4 N–H and O–H groups in total. The number of nitrogens with zero attached hydrogens (tertiary/aromatic N) is 6. The third kappa shape index (κ3) is 22.1. The fourth-order valence-corrected chi connectivity index (χ4v) is 12.6. The predicted octanol–water partition coefficient (Wildman–Crippen LogP) is 17.4. The molecule has 13 heteroatoms. The van der Waals surface area contributed by atoms with E-state index >= 15 is 13.2 Å². The Bertz CT molecular complexity index is 2560. The molecule has 0 spiro atoms. The normalized spacial score (nSPS) is 17.4. The number of nitrogens with two attached hydrogens (primary N) is 1. The number of hydrogen-bond donors (Lipinski definition) is 4. The number of fused-ring (bicyclic) bond motifs is 1. The Morgan fingerprint density at radius 1 is 0.869 bits per heavy atom. The van der Waals surface area contributed by atoms with Crippen LogP contribution in [0, 0.1) is 17.3 Å². The summed E-state index contributed by atoms with van der Waals surface area (Å²) in [6.07, 6.45) is 18.6. The van der Waals surface area contributed by atoms with Gasteiger partial charge in [-0.05, 0) is 174 Å². The van der Waals surface area contributed by atoms with Crippen molar-refractivity contribution < 1.29 is 13.2 Å². The minimum atomic E-state index is -4.44. The zero-order chi connectivity index (χ0) is 62.7. The van der Waals surface area contributed by atoms with Crippen LogP contribution in [0.25, 0.3) is 33.3 Å². The van der Waals surface area contributed by atoms with Crippen LogP contribution in [0.15, 0.2) is 98.9 Å². The first-order chi connectivity index (χ1) is 40.2. The maximum atomic E-state index is 15.2. The van der Waals surface area contributed by atoms with Crippen molar-refractivity contribution in [2.45, 2.75) is 209 Å². The molecule has 0 radical (unpaired) electrons. The highest BCUT2D eigenvalue weighted by Crippen LogP contribution is 2.45. The number of likely N-dealkylation sites (N-methyl/N-ethyl adjacent to an activating group) is 1. The van der Waals surface area contributed by atoms with Gasteiger partial charge in [-0.3, -0.25) is 9.88 Å². The number of nitrogens with one attached hydrogen (secondary N) is 2. The molecule has 4 heterocycles. The van der Waals surface area contributed by atoms with E-state index < -0.39 is 12.7 Å². The predicted molar refractivity (Wildman–Crippen MR) is 363 cm³/mol. The minimum Gasteiger partial charge on any atom is -0.368 e. The van der Waals surface area contributed by atoms with Crippen molar-refractivity contribution in [1.29, 1.82) is 0 Å². The second-order valence-corrected chi connectivity index (χ2v) is 25.0. The van der Waals surface area contributed by atoms with Crippen molar-refractivity contribution in [3.8, 4) is 22.4 Å². The van der Waals surface area contributed by atoms with Crippen molar-refractivity contribution in [2.24, 2.45) is 23.0 Å². The van der Waals surface area contributed by atoms with Crippen LogP contribution >= 0.6 is 12.8 Å². The van der Waals surface area contributed by atoms with E-state index in [0.29, 0.717) is 47.6 Å². The summed E-state index contributed by atoms with van der Waals surface area (Å²) in [5.74, 6) is 1.13. The highest BCUT2D eigenvalue weighted by molar-refractivity contribution is 7.77. The molecular formula is C71H116F3N9S. The molecule has 7 rings (SSSR count). The lowest BCUT2D eigenvalue weighted by molar-refractivity contribution is -0.139. The maximum absolute atomic E-state index is 15.2. The Balaban J connectivity index is 0.00000111. The largest absolute Gasteiger partial charge is 0.406 e. The average molecular weight is 1180 g/mol. The molecule has 2 unspecified atom stereocenters. The van der Waals surface area contributed by atoms with Gasteiger partial charge in [0.2, 0.25) is 0 Å². The Morgan fingerprint density at radius 3 is 2.07 bits per heavy atom. The Hall–Kier alpha value is -4.37. The van der Waals surface area contributed by atoms with Crippen LogP contribution in [-0.4, -0.2) is 108 Å². The number of alkyl halides is 3. The van der Waals surface area contributed by atoms with E-state index in [1.807, 2.05) is 46.0 Å². The first-order valence-corrected chi connectivity index (χ1v) is 32.6. The number of thiol groups is 1. The van der Waals surface area contributed by atoms with E-state index in [9.17, 15) is 0 Å². The zero-order valence-electron chi connectivity index (χ0n) is 55.0. The van der Waals surface area contributed by atoms with Crippen LogP contribution in [0.2, 0.25) is 0 Å². The maximum Gasteiger partial charge on any atom is 0.406 e. The van der Waals surface area contributed by atoms with Gasteiger partial charge in [0.15, 0.2) is 0 Å². The molecule has 4 aromatic rings. The van der Waals surface area contributed by atoms with Gasteiger partial charge in [0, 0.05) is 80.1 Å². The molecule has 84 heavy (non-hydrogen) atoms. The van der Waals surface area contributed by atoms with Crippen LogP contribution in [0.3, 0.4) is 0 Å². The summed E-state index contributed by atoms with van der Waals surface area (Å²) in [4.78, 5) is 12.4. The Morgan fingerprint density at radius 2 is 1.52 bits per heavy atom. The van der Waals surface area contributed by atoms with Gasteiger partial charge >= 0.3 is 6.18 Å². The number of allylic oxidation sites excluding steroid dienone is 1. The summed E-state index contributed by atoms with van der Waals surface area (Å²) in [6.45, 7) is 43.6. The van der Waals surface area contributed by atoms with Crippen molar-refractivity contribution >= 4 is 29.4 Å². The zero-order valence-corrected chi connectivity index (χ0v) is 55.9. The molecule has 1 aliphatic carbocycles. The van der Waals surface area contributed by atoms with E-state index in [-0.39, 0.29) is 11.3 Å². The van der Waals surface area contributed by atoms with Gasteiger partial charge in [-0.1, -0.05) is 150 Å². The molecule has 1 saturated carbocycles. The van der Waals surface area contributed by atoms with Crippen LogP contribution in [0.5, 0.6) is 0 Å². The Labute approximate surface area is 515 Å². The molecule has 472 valence electrons. The third-order valence-electron chi connectivity index (χ3n) is 17.1. The minimum absolute atomic E-state index is 0.0504. The van der Waals surface area contributed by atoms with Gasteiger partial charge in [-0.2, -0.15) is 13.2 Å². The second kappa shape index (κ2) is 37.4. The molecule has 2 aromatic heterocycles. The molecule has 0 bridgehead atoms. The number of anilines is 1. The van der Waals surface area contributed by atoms with E-state index in [1.54, 1.807) is 10.8 Å². The highest BCUT2D eigenvalue weighted by atomic mass is 32.1. The van der Waals surface area contributed by atoms with Gasteiger partial charge < -0.3 is 25.5 Å². The average Bonchev–Trinajstić information content (AvgIpc) is 2.11. The summed E-state index contributed by atoms with van der Waals surface area (Å²) >= 11 is 4.85. The van der Waals surface area contributed by atoms with Crippen LogP contribution < -0.4 is 21.5 Å². The topological polar surface area (TPSA) is 80.9 Å². The van der Waals surface area contributed by atoms with Crippen LogP contribution in [-0.2, 0) is 25.8 Å². The number of piperazine rings is 1. The number of hydrazine groups is 1. The number of hydrogen-bond acceptors (Lipinski definition) is 9. The summed E-state index contributed by atoms with van der Waals surface area (Å²) in [5.41, 5.74) is 21.2. The Kier molecular flexibility index (Phi) is 32.9. The number of pyridine rings is 1. The molecular weight excluding hydrogens is 1070 g/mol. The number of aromatic nitrogens is 2. The van der Waals surface area contributed by atoms with Crippen LogP contribution in [0.1, 0.15) is 182 Å². The van der Waals surface area contributed by atoms with Gasteiger partial charge in [0.1, 0.15) is 6.54 Å². The lowest BCUT2D eigenvalue weighted by Crippen LogP contribution is -2.52. The van der Waals surface area contributed by atoms with E-state index in [2.05, 4.69) is 167 Å². The number of unbranched alkanes of at least 4 members (excludes halogenated alkanes) is 3. The fourth-order valence-electron chi connectivity index (χ4n) is 12.2. The standard InChI is InChI=1S/C58H82F3N7S.C8H17N.2C2H6.CH5N/c1-9-42(6)55-51(37-49(39-62-55)66-31-29-65(30-32-66)48-18-16-19-48)56-52(38-57(7,8)26-24-41(4)5)50-36-46(21-23-54(50)67(56)40-58(59,60)61)47-34-43(17-14-12-13-15-27-64-63-11-3)33-44(35-47)20-22-53-45(10-2)25-28-68(53)69;1-6-8(7(2)3)9(4)5;3*1-2/h10-11,21,23,33-37,39,42,45,48,53,63-64,69H,2-4,9,12-20,22,24-32,38,40H2,1,5-8H3;6-8H,1H2,2-5H3;2*1-2H3;2H2,1H3/t42?,45?,53-;8-;;;/m11.../s1. The summed E-state index contributed by atoms with van der Waals surface area (Å²) in [6, 6.07) is 17.0. The van der Waals surface area contributed by atoms with Crippen molar-refractivity contribution in [1.82, 2.24) is 34.5 Å². The lowest BCUT2D eigenvalue weighted by atomic mass is 9.79. The number of rotatable bonds is 28. The highest BCUT2D eigenvalue weighted by Gasteiger charge is 2.36. The monoisotopic (exact) mass is 1180 g/mol. The molecule has 3 fully saturated rings. The molecule has 4 atom stereocenters. The number of benzene rings is 2. The van der Waals surface area contributed by atoms with Gasteiger partial charge in [-0.15, -0.1) is 19.7 Å². The summed E-state index contributed by atoms with van der Waals surface area (Å²) < 4.78 is 49.3. The molecule has 2 saturated heterocycles. The quantitative estimate of drug-likeness (QED) is 0.0194. The summed E-state index contributed by atoms with van der Waals surface area (Å²) in [5, 5.41) is 0.891. The summed E-state index contributed by atoms with van der Waals surface area (Å²) in [7, 11) is 5.65. The fraction of sp³-hybridized carbons (Fsp3) is 0.620. The number of aryl methyl sites for hydroxylation is 2. The van der Waals surface area contributed by atoms with Crippen molar-refractivity contribution in [3.05, 3.63) is 121 Å². The SMILES string of the molecule is C=CNNCCCCCCc1cc(CC[C@@H]2C(C=C)CCN2S)cc(-c2ccc3c(c2)c(CC(C)(C)CCC(=C)C)c(-c2cc(N4CCN(C5CCC5)CC4)cnc2C(C)CC)n3CC(F)(F)F)c1.C=C[C@H](C(C)C)N(C)C.CC.CC.CN. The lowest BCUT2D eigenvalue weighted by Gasteiger charge is -2.43. The van der Waals surface area contributed by atoms with Gasteiger partial charge in [0.05, 0.1) is 23.3 Å². The number of halogens is 3. The van der Waals surface area contributed by atoms with Crippen molar-refractivity contribution in [2.75, 3.05) is 65.3 Å². The molecule has 2 aromatic carbocycles. The smallest absolute Gasteiger partial charge is 0.368 e. The second-order valence-electron chi connectivity index (χ2n) is 24.5. The molecule has 0 amide bonds. The third-order valence-corrected chi connectivity index (χ3v) is 17.6. The molecule has 3 aliphatic rings. The van der Waals surface area contributed by atoms with Gasteiger partial charge in [-0.25, -0.2) is 9.73 Å². The van der Waals surface area contributed by atoms with Gasteiger partial charge in [0.25, 0.3) is 0 Å². The van der Waals surface area contributed by atoms with E-state index in [0.717, 1.165) is 154 Å². The first kappa shape index (κ1) is 73.9. The van der Waals surface area contributed by atoms with E-state index in [4.69, 9.17) is 17.8 Å².